The maximum absolute atomic E-state index is 10.7. The summed E-state index contributed by atoms with van der Waals surface area (Å²) in [5.41, 5.74) is 2.48. The Morgan fingerprint density at radius 2 is 1.96 bits per heavy atom. The first kappa shape index (κ1) is 18.2. The van der Waals surface area contributed by atoms with Gasteiger partial charge in [0.15, 0.2) is 0 Å². The normalized spacial score (nSPS) is 20.3. The average Bonchev–Trinajstić information content (AvgIpc) is 3.13. The minimum Gasteiger partial charge on any atom is -0.507 e. The van der Waals surface area contributed by atoms with Crippen molar-refractivity contribution >= 4 is 27.2 Å². The third-order valence-corrected chi connectivity index (χ3v) is 6.45. The number of hydrogen-bond acceptors (Lipinski definition) is 6. The third-order valence-electron chi connectivity index (χ3n) is 5.57. The smallest absolute Gasteiger partial charge is 0.149 e. The number of benzene rings is 1. The maximum atomic E-state index is 10.7. The summed E-state index contributed by atoms with van der Waals surface area (Å²) in [7, 11) is 4.29. The molecule has 27 heavy (non-hydrogen) atoms. The zero-order chi connectivity index (χ0) is 19.0. The summed E-state index contributed by atoms with van der Waals surface area (Å²) in [6, 6.07) is 8.87. The van der Waals surface area contributed by atoms with Crippen molar-refractivity contribution in [2.75, 3.05) is 19.4 Å². The van der Waals surface area contributed by atoms with Crippen molar-refractivity contribution in [3.8, 4) is 17.0 Å². The molecule has 2 aromatic heterocycles. The van der Waals surface area contributed by atoms with Gasteiger partial charge in [-0.2, -0.15) is 0 Å². The van der Waals surface area contributed by atoms with Crippen LogP contribution in [-0.4, -0.2) is 46.4 Å². The molecule has 5 nitrogen and oxygen atoms in total. The molecule has 2 N–H and O–H groups in total. The van der Waals surface area contributed by atoms with Crippen LogP contribution >= 0.6 is 11.3 Å². The number of rotatable bonds is 4. The first-order valence-corrected chi connectivity index (χ1v) is 10.4. The van der Waals surface area contributed by atoms with E-state index in [9.17, 15) is 5.11 Å². The SMILES string of the molecule is Cc1cc(N[C@@H]2CCCC[C@@H]2N(C)C)nnc1-c1ccc2sccc2c1O. The third kappa shape index (κ3) is 3.51. The topological polar surface area (TPSA) is 61.3 Å². The first-order chi connectivity index (χ1) is 13.0. The standard InChI is InChI=1S/C21H26N4OS/c1-13-12-19(22-16-6-4-5-7-17(16)25(2)3)23-24-20(13)15-8-9-18-14(21(15)26)10-11-27-18/h8-12,16-17,26H,4-7H2,1-3H3,(H,22,23)/t16-,17+/m1/s1. The highest BCUT2D eigenvalue weighted by molar-refractivity contribution is 7.17. The molecule has 0 amide bonds. The number of hydrogen-bond donors (Lipinski definition) is 2. The van der Waals surface area contributed by atoms with Crippen molar-refractivity contribution in [3.63, 3.8) is 0 Å². The van der Waals surface area contributed by atoms with Crippen LogP contribution in [0.2, 0.25) is 0 Å². The van der Waals surface area contributed by atoms with Gasteiger partial charge in [0.05, 0.1) is 5.69 Å². The predicted molar refractivity (Wildman–Crippen MR) is 113 cm³/mol. The number of aryl methyl sites for hydroxylation is 1. The minimum atomic E-state index is 0.284. The lowest BCUT2D eigenvalue weighted by molar-refractivity contribution is 0.211. The van der Waals surface area contributed by atoms with E-state index in [0.717, 1.165) is 39.1 Å². The molecule has 2 atom stereocenters. The Morgan fingerprint density at radius 3 is 2.74 bits per heavy atom. The number of fused-ring (bicyclic) bond motifs is 1. The van der Waals surface area contributed by atoms with Gasteiger partial charge in [0.2, 0.25) is 0 Å². The number of nitrogens with one attached hydrogen (secondary N) is 1. The molecule has 1 aliphatic carbocycles. The molecule has 1 saturated carbocycles. The lowest BCUT2D eigenvalue weighted by atomic mass is 9.89. The van der Waals surface area contributed by atoms with Crippen LogP contribution in [0.5, 0.6) is 5.75 Å². The van der Waals surface area contributed by atoms with E-state index in [1.54, 1.807) is 11.3 Å². The lowest BCUT2D eigenvalue weighted by Gasteiger charge is -2.36. The van der Waals surface area contributed by atoms with Crippen molar-refractivity contribution in [3.05, 3.63) is 35.2 Å². The zero-order valence-electron chi connectivity index (χ0n) is 16.1. The van der Waals surface area contributed by atoms with Gasteiger partial charge >= 0.3 is 0 Å². The van der Waals surface area contributed by atoms with Crippen LogP contribution in [0.25, 0.3) is 21.3 Å². The van der Waals surface area contributed by atoms with E-state index < -0.39 is 0 Å². The summed E-state index contributed by atoms with van der Waals surface area (Å²) in [5, 5.41) is 26.0. The monoisotopic (exact) mass is 382 g/mol. The second-order valence-corrected chi connectivity index (χ2v) is 8.57. The first-order valence-electron chi connectivity index (χ1n) is 9.51. The van der Waals surface area contributed by atoms with Crippen molar-refractivity contribution < 1.29 is 5.11 Å². The summed E-state index contributed by atoms with van der Waals surface area (Å²) in [4.78, 5) is 2.31. The summed E-state index contributed by atoms with van der Waals surface area (Å²) in [6.45, 7) is 2.02. The fraction of sp³-hybridized carbons (Fsp3) is 0.429. The number of nitrogens with zero attached hydrogens (tertiary/aromatic N) is 3. The fourth-order valence-electron chi connectivity index (χ4n) is 4.13. The lowest BCUT2D eigenvalue weighted by Crippen LogP contribution is -2.45. The summed E-state index contributed by atoms with van der Waals surface area (Å²) in [5.74, 6) is 1.10. The molecule has 0 bridgehead atoms. The molecule has 1 aromatic carbocycles. The maximum Gasteiger partial charge on any atom is 0.149 e. The van der Waals surface area contributed by atoms with Gasteiger partial charge < -0.3 is 15.3 Å². The molecule has 0 saturated heterocycles. The molecular formula is C21H26N4OS. The molecule has 0 unspecified atom stereocenters. The van der Waals surface area contributed by atoms with Gasteiger partial charge in [-0.05, 0) is 69.1 Å². The summed E-state index contributed by atoms with van der Waals surface area (Å²) in [6.07, 6.45) is 4.90. The Hall–Kier alpha value is -2.18. The molecule has 4 rings (SSSR count). The number of likely N-dealkylation sites (N-methyl/N-ethyl adjacent to an activating group) is 1. The van der Waals surface area contributed by atoms with Gasteiger partial charge in [-0.3, -0.25) is 0 Å². The van der Waals surface area contributed by atoms with E-state index in [1.165, 1.54) is 19.3 Å². The van der Waals surface area contributed by atoms with Crippen LogP contribution < -0.4 is 5.32 Å². The Labute approximate surface area is 164 Å². The number of aromatic hydroxyl groups is 1. The molecule has 3 aromatic rings. The number of thiophene rings is 1. The largest absolute Gasteiger partial charge is 0.507 e. The van der Waals surface area contributed by atoms with Crippen molar-refractivity contribution in [2.24, 2.45) is 0 Å². The van der Waals surface area contributed by atoms with Gasteiger partial charge in [-0.1, -0.05) is 12.8 Å². The Bertz CT molecular complexity index is 953. The number of anilines is 1. The van der Waals surface area contributed by atoms with Crippen LogP contribution in [-0.2, 0) is 0 Å². The molecule has 142 valence electrons. The highest BCUT2D eigenvalue weighted by atomic mass is 32.1. The van der Waals surface area contributed by atoms with Gasteiger partial charge in [0, 0.05) is 27.7 Å². The van der Waals surface area contributed by atoms with Crippen molar-refractivity contribution in [1.82, 2.24) is 15.1 Å². The Kier molecular flexibility index (Phi) is 5.02. The Morgan fingerprint density at radius 1 is 1.15 bits per heavy atom. The number of phenols is 1. The summed E-state index contributed by atoms with van der Waals surface area (Å²) >= 11 is 1.62. The van der Waals surface area contributed by atoms with Crippen LogP contribution in [0, 0.1) is 6.92 Å². The van der Waals surface area contributed by atoms with Gasteiger partial charge in [0.1, 0.15) is 11.6 Å². The predicted octanol–water partition coefficient (Wildman–Crippen LogP) is 4.66. The van der Waals surface area contributed by atoms with Gasteiger partial charge in [-0.15, -0.1) is 21.5 Å². The van der Waals surface area contributed by atoms with Crippen LogP contribution in [0.3, 0.4) is 0 Å². The number of aromatic nitrogens is 2. The highest BCUT2D eigenvalue weighted by Gasteiger charge is 2.27. The van der Waals surface area contributed by atoms with E-state index in [4.69, 9.17) is 0 Å². The minimum absolute atomic E-state index is 0.284. The van der Waals surface area contributed by atoms with Gasteiger partial charge in [-0.25, -0.2) is 0 Å². The fourth-order valence-corrected chi connectivity index (χ4v) is 4.92. The van der Waals surface area contributed by atoms with E-state index in [2.05, 4.69) is 34.5 Å². The molecule has 0 aliphatic heterocycles. The summed E-state index contributed by atoms with van der Waals surface area (Å²) < 4.78 is 1.08. The molecule has 2 heterocycles. The van der Waals surface area contributed by atoms with E-state index in [-0.39, 0.29) is 5.75 Å². The molecule has 0 radical (unpaired) electrons. The average molecular weight is 383 g/mol. The van der Waals surface area contributed by atoms with Crippen LogP contribution in [0.15, 0.2) is 29.6 Å². The van der Waals surface area contributed by atoms with Crippen molar-refractivity contribution in [2.45, 2.75) is 44.7 Å². The zero-order valence-corrected chi connectivity index (χ0v) is 16.9. The highest BCUT2D eigenvalue weighted by Crippen LogP contribution is 2.38. The molecule has 0 spiro atoms. The second-order valence-electron chi connectivity index (χ2n) is 7.62. The van der Waals surface area contributed by atoms with Crippen LogP contribution in [0.1, 0.15) is 31.2 Å². The van der Waals surface area contributed by atoms with E-state index >= 15 is 0 Å². The van der Waals surface area contributed by atoms with Gasteiger partial charge in [0.25, 0.3) is 0 Å². The van der Waals surface area contributed by atoms with Crippen LogP contribution in [0.4, 0.5) is 5.82 Å². The Balaban J connectivity index is 1.61. The number of phenolic OH excluding ortho intramolecular Hbond substituents is 1. The molecule has 1 fully saturated rings. The quantitative estimate of drug-likeness (QED) is 0.687. The molecular weight excluding hydrogens is 356 g/mol. The molecule has 1 aliphatic rings. The molecule has 6 heteroatoms. The van der Waals surface area contributed by atoms with E-state index in [1.807, 2.05) is 36.6 Å². The van der Waals surface area contributed by atoms with Crippen molar-refractivity contribution in [1.29, 1.82) is 0 Å². The van der Waals surface area contributed by atoms with E-state index in [0.29, 0.717) is 12.1 Å². The second kappa shape index (κ2) is 7.44.